The first-order valence-corrected chi connectivity index (χ1v) is 14.7. The van der Waals surface area contributed by atoms with E-state index in [2.05, 4.69) is 37.9 Å². The molecule has 0 aliphatic carbocycles. The van der Waals surface area contributed by atoms with Gasteiger partial charge in [-0.25, -0.2) is 9.59 Å². The summed E-state index contributed by atoms with van der Waals surface area (Å²) in [4.78, 5) is 43.8. The zero-order chi connectivity index (χ0) is 30.9. The summed E-state index contributed by atoms with van der Waals surface area (Å²) in [6.45, 7) is 9.77. The predicted molar refractivity (Wildman–Crippen MR) is 164 cm³/mol. The zero-order valence-electron chi connectivity index (χ0n) is 25.5. The van der Waals surface area contributed by atoms with Crippen molar-refractivity contribution in [3.8, 4) is 11.5 Å². The van der Waals surface area contributed by atoms with Crippen LogP contribution in [-0.2, 0) is 25.5 Å². The molecule has 43 heavy (non-hydrogen) atoms. The molecule has 4 rings (SSSR count). The van der Waals surface area contributed by atoms with E-state index in [0.717, 1.165) is 5.56 Å². The van der Waals surface area contributed by atoms with Crippen LogP contribution < -0.4 is 10.1 Å². The number of carbonyl (C=O) groups excluding carboxylic acids is 3. The molecule has 2 atom stereocenters. The Morgan fingerprint density at radius 3 is 2.19 bits per heavy atom. The van der Waals surface area contributed by atoms with Gasteiger partial charge in [0.25, 0.3) is 0 Å². The van der Waals surface area contributed by atoms with Gasteiger partial charge in [-0.05, 0) is 69.5 Å². The minimum Gasteiger partial charge on any atom is -0.466 e. The third-order valence-corrected chi connectivity index (χ3v) is 7.54. The van der Waals surface area contributed by atoms with Gasteiger partial charge < -0.3 is 19.5 Å². The average Bonchev–Trinajstić information content (AvgIpc) is 3.01. The number of fused-ring (bicyclic) bond motifs is 1. The van der Waals surface area contributed by atoms with Crippen molar-refractivity contribution in [3.63, 3.8) is 0 Å². The van der Waals surface area contributed by atoms with E-state index in [1.165, 1.54) is 12.0 Å². The molecular weight excluding hydrogens is 546 g/mol. The normalized spacial score (nSPS) is 15.2. The molecule has 9 nitrogen and oxygen atoms in total. The number of hydrogen-bond acceptors (Lipinski definition) is 7. The molecule has 2 unspecified atom stereocenters. The molecule has 1 aliphatic heterocycles. The van der Waals surface area contributed by atoms with Gasteiger partial charge in [0.15, 0.2) is 0 Å². The lowest BCUT2D eigenvalue weighted by atomic mass is 9.92. The van der Waals surface area contributed by atoms with Crippen LogP contribution in [0, 0.1) is 0 Å². The largest absolute Gasteiger partial charge is 0.466 e. The van der Waals surface area contributed by atoms with Crippen LogP contribution in [0.15, 0.2) is 78.9 Å². The SMILES string of the molecule is COC(=O)C(OC(=O)N1CCc2cc(Oc3ccccc3)ccc2C1C(=O)NCCN(C(C)C)C(C)C)c1ccccc1. The Hall–Kier alpha value is -4.37. The van der Waals surface area contributed by atoms with Crippen LogP contribution in [0.25, 0.3) is 0 Å². The molecule has 0 fully saturated rings. The highest BCUT2D eigenvalue weighted by Gasteiger charge is 2.39. The second-order valence-corrected chi connectivity index (χ2v) is 11.0. The molecule has 1 N–H and O–H groups in total. The summed E-state index contributed by atoms with van der Waals surface area (Å²) in [6.07, 6.45) is -1.57. The van der Waals surface area contributed by atoms with Gasteiger partial charge in [-0.1, -0.05) is 54.6 Å². The molecule has 2 amide bonds. The molecule has 0 bridgehead atoms. The summed E-state index contributed by atoms with van der Waals surface area (Å²) < 4.78 is 16.7. The van der Waals surface area contributed by atoms with E-state index in [1.807, 2.05) is 42.5 Å². The molecule has 3 aromatic rings. The van der Waals surface area contributed by atoms with Crippen LogP contribution in [0.1, 0.15) is 56.5 Å². The maximum Gasteiger partial charge on any atom is 0.411 e. The van der Waals surface area contributed by atoms with Crippen LogP contribution in [0.3, 0.4) is 0 Å². The quantitative estimate of drug-likeness (QED) is 0.289. The Morgan fingerprint density at radius 1 is 0.907 bits per heavy atom. The van der Waals surface area contributed by atoms with Gasteiger partial charge in [0.1, 0.15) is 17.5 Å². The van der Waals surface area contributed by atoms with E-state index >= 15 is 0 Å². The van der Waals surface area contributed by atoms with Crippen molar-refractivity contribution in [2.45, 2.75) is 58.3 Å². The monoisotopic (exact) mass is 587 g/mol. The lowest BCUT2D eigenvalue weighted by Gasteiger charge is -2.36. The molecule has 0 spiro atoms. The Labute approximate surface area is 253 Å². The van der Waals surface area contributed by atoms with Crippen LogP contribution in [0.5, 0.6) is 11.5 Å². The molecular formula is C34H41N3O6. The van der Waals surface area contributed by atoms with Gasteiger partial charge in [-0.2, -0.15) is 0 Å². The van der Waals surface area contributed by atoms with Crippen LogP contribution in [0.4, 0.5) is 4.79 Å². The Bertz CT molecular complexity index is 1370. The maximum absolute atomic E-state index is 13.8. The lowest BCUT2D eigenvalue weighted by Crippen LogP contribution is -2.49. The van der Waals surface area contributed by atoms with Crippen LogP contribution in [0.2, 0.25) is 0 Å². The number of esters is 1. The minimum absolute atomic E-state index is 0.214. The zero-order valence-corrected chi connectivity index (χ0v) is 25.5. The molecule has 9 heteroatoms. The van der Waals surface area contributed by atoms with E-state index in [4.69, 9.17) is 14.2 Å². The maximum atomic E-state index is 13.8. The molecule has 0 radical (unpaired) electrons. The summed E-state index contributed by atoms with van der Waals surface area (Å²) in [5, 5.41) is 3.04. The average molecular weight is 588 g/mol. The summed E-state index contributed by atoms with van der Waals surface area (Å²) in [5.74, 6) is 0.311. The van der Waals surface area contributed by atoms with Gasteiger partial charge in [0.05, 0.1) is 7.11 Å². The van der Waals surface area contributed by atoms with Gasteiger partial charge in [-0.3, -0.25) is 14.6 Å². The van der Waals surface area contributed by atoms with Gasteiger partial charge in [0, 0.05) is 37.3 Å². The number of carbonyl (C=O) groups is 3. The van der Waals surface area contributed by atoms with Gasteiger partial charge in [-0.15, -0.1) is 0 Å². The first-order chi connectivity index (χ1) is 20.7. The summed E-state index contributed by atoms with van der Waals surface area (Å²) in [6, 6.07) is 23.3. The molecule has 1 aliphatic rings. The van der Waals surface area contributed by atoms with Crippen molar-refractivity contribution in [2.75, 3.05) is 26.7 Å². The summed E-state index contributed by atoms with van der Waals surface area (Å²) >= 11 is 0. The van der Waals surface area contributed by atoms with E-state index in [0.29, 0.717) is 54.2 Å². The highest BCUT2D eigenvalue weighted by atomic mass is 16.6. The van der Waals surface area contributed by atoms with Gasteiger partial charge >= 0.3 is 12.1 Å². The topological polar surface area (TPSA) is 97.4 Å². The molecule has 228 valence electrons. The Kier molecular flexibility index (Phi) is 10.8. The molecule has 1 heterocycles. The molecule has 0 aromatic heterocycles. The van der Waals surface area contributed by atoms with Crippen molar-refractivity contribution in [1.82, 2.24) is 15.1 Å². The fourth-order valence-electron chi connectivity index (χ4n) is 5.44. The fraction of sp³-hybridized carbons (Fsp3) is 0.382. The van der Waals surface area contributed by atoms with E-state index in [-0.39, 0.29) is 12.5 Å². The Balaban J connectivity index is 1.60. The van der Waals surface area contributed by atoms with Gasteiger partial charge in [0.2, 0.25) is 12.0 Å². The van der Waals surface area contributed by atoms with Crippen LogP contribution >= 0.6 is 0 Å². The second-order valence-electron chi connectivity index (χ2n) is 11.0. The number of nitrogens with zero attached hydrogens (tertiary/aromatic N) is 2. The number of methoxy groups -OCH3 is 1. The smallest absolute Gasteiger partial charge is 0.411 e. The highest BCUT2D eigenvalue weighted by Crippen LogP contribution is 2.35. The summed E-state index contributed by atoms with van der Waals surface area (Å²) in [5.41, 5.74) is 2.06. The molecule has 3 aromatic carbocycles. The molecule has 0 saturated heterocycles. The minimum atomic E-state index is -1.27. The van der Waals surface area contributed by atoms with Crippen LogP contribution in [-0.4, -0.2) is 66.6 Å². The van der Waals surface area contributed by atoms with Crippen molar-refractivity contribution in [3.05, 3.63) is 95.6 Å². The van der Waals surface area contributed by atoms with E-state index in [1.54, 1.807) is 36.4 Å². The van der Waals surface area contributed by atoms with E-state index < -0.39 is 24.2 Å². The van der Waals surface area contributed by atoms with E-state index in [9.17, 15) is 14.4 Å². The molecule has 0 saturated carbocycles. The number of hydrogen-bond donors (Lipinski definition) is 1. The second kappa shape index (κ2) is 14.7. The summed E-state index contributed by atoms with van der Waals surface area (Å²) in [7, 11) is 1.24. The number of benzene rings is 3. The van der Waals surface area contributed by atoms with Crippen molar-refractivity contribution in [1.29, 1.82) is 0 Å². The fourth-order valence-corrected chi connectivity index (χ4v) is 5.44. The van der Waals surface area contributed by atoms with Crippen molar-refractivity contribution < 1.29 is 28.6 Å². The number of amides is 2. The van der Waals surface area contributed by atoms with Crippen molar-refractivity contribution in [2.24, 2.45) is 0 Å². The number of rotatable bonds is 11. The number of para-hydroxylation sites is 1. The Morgan fingerprint density at radius 2 is 1.56 bits per heavy atom. The standard InChI is InChI=1S/C34H41N3O6/c1-23(2)36(24(3)4)21-19-35-32(38)30-29-17-16-28(42-27-14-10-7-11-15-27)22-26(29)18-20-37(30)34(40)43-31(33(39)41-5)25-12-8-6-9-13-25/h6-17,22-24,30-31H,18-21H2,1-5H3,(H,35,38). The number of ether oxygens (including phenoxy) is 3. The third-order valence-electron chi connectivity index (χ3n) is 7.54. The first kappa shape index (κ1) is 31.6. The predicted octanol–water partition coefficient (Wildman–Crippen LogP) is 5.66. The lowest BCUT2D eigenvalue weighted by molar-refractivity contribution is -0.151. The van der Waals surface area contributed by atoms with Crippen molar-refractivity contribution >= 4 is 18.0 Å². The first-order valence-electron chi connectivity index (χ1n) is 14.7. The third kappa shape index (κ3) is 7.93. The number of nitrogens with one attached hydrogen (secondary N) is 1. The highest BCUT2D eigenvalue weighted by molar-refractivity contribution is 5.88.